The third-order valence-corrected chi connectivity index (χ3v) is 3.98. The molecule has 0 aromatic carbocycles. The molecule has 0 saturated heterocycles. The molecule has 1 aliphatic carbocycles. The Morgan fingerprint density at radius 3 is 3.06 bits per heavy atom. The summed E-state index contributed by atoms with van der Waals surface area (Å²) < 4.78 is 2.24. The Kier molecular flexibility index (Phi) is 4.28. The van der Waals surface area contributed by atoms with Gasteiger partial charge in [0.1, 0.15) is 5.82 Å². The lowest BCUT2D eigenvalue weighted by molar-refractivity contribution is 0.441. The highest BCUT2D eigenvalue weighted by atomic mass is 35.5. The molecule has 0 amide bonds. The van der Waals surface area contributed by atoms with Gasteiger partial charge in [-0.3, -0.25) is 0 Å². The summed E-state index contributed by atoms with van der Waals surface area (Å²) in [6.45, 7) is 3.19. The van der Waals surface area contributed by atoms with Gasteiger partial charge in [0.15, 0.2) is 0 Å². The highest BCUT2D eigenvalue weighted by Crippen LogP contribution is 2.28. The van der Waals surface area contributed by atoms with Gasteiger partial charge in [0.05, 0.1) is 0 Å². The minimum atomic E-state index is 0.387. The molecule has 0 spiro atoms. The van der Waals surface area contributed by atoms with Crippen LogP contribution in [0.2, 0.25) is 0 Å². The molecule has 1 aromatic rings. The Morgan fingerprint density at radius 2 is 2.25 bits per heavy atom. The van der Waals surface area contributed by atoms with Crippen molar-refractivity contribution in [2.45, 2.75) is 57.4 Å². The number of rotatable bonds is 3. The molecule has 0 N–H and O–H groups in total. The fourth-order valence-electron chi connectivity index (χ4n) is 2.66. The van der Waals surface area contributed by atoms with Gasteiger partial charge in [-0.25, -0.2) is 4.98 Å². The van der Waals surface area contributed by atoms with Crippen molar-refractivity contribution in [1.29, 1.82) is 0 Å². The fourth-order valence-corrected chi connectivity index (χ4v) is 3.06. The topological polar surface area (TPSA) is 17.8 Å². The van der Waals surface area contributed by atoms with Gasteiger partial charge in [-0.2, -0.15) is 0 Å². The van der Waals surface area contributed by atoms with Gasteiger partial charge in [-0.15, -0.1) is 11.6 Å². The summed E-state index contributed by atoms with van der Waals surface area (Å²) in [5.41, 5.74) is 0. The first-order valence-electron chi connectivity index (χ1n) is 6.43. The number of imidazole rings is 1. The number of aromatic nitrogens is 2. The Balaban J connectivity index is 1.97. The fraction of sp³-hybridized carbons (Fsp3) is 0.769. The van der Waals surface area contributed by atoms with Crippen LogP contribution in [-0.2, 0) is 13.0 Å². The van der Waals surface area contributed by atoms with Crippen LogP contribution >= 0.6 is 11.6 Å². The van der Waals surface area contributed by atoms with E-state index in [0.29, 0.717) is 5.38 Å². The van der Waals surface area contributed by atoms with E-state index in [0.717, 1.165) is 25.3 Å². The first-order chi connectivity index (χ1) is 7.79. The average Bonchev–Trinajstić information content (AvgIpc) is 2.61. The molecule has 2 rings (SSSR count). The van der Waals surface area contributed by atoms with Gasteiger partial charge in [0.2, 0.25) is 0 Å². The molecular formula is C13H21ClN2. The van der Waals surface area contributed by atoms with Crippen molar-refractivity contribution < 1.29 is 0 Å². The predicted octanol–water partition coefficient (Wildman–Crippen LogP) is 3.63. The van der Waals surface area contributed by atoms with Gasteiger partial charge in [-0.05, 0) is 32.1 Å². The lowest BCUT2D eigenvalue weighted by Crippen LogP contribution is -2.12. The first-order valence-corrected chi connectivity index (χ1v) is 6.87. The first kappa shape index (κ1) is 12.0. The van der Waals surface area contributed by atoms with E-state index in [-0.39, 0.29) is 0 Å². The van der Waals surface area contributed by atoms with Crippen LogP contribution in [0.5, 0.6) is 0 Å². The summed E-state index contributed by atoms with van der Waals surface area (Å²) in [5, 5.41) is 0.387. The quantitative estimate of drug-likeness (QED) is 0.583. The Labute approximate surface area is 103 Å². The van der Waals surface area contributed by atoms with Crippen LogP contribution in [0.4, 0.5) is 0 Å². The van der Waals surface area contributed by atoms with Crippen LogP contribution in [0.1, 0.15) is 44.9 Å². The Hall–Kier alpha value is -0.500. The summed E-state index contributed by atoms with van der Waals surface area (Å²) in [5.74, 6) is 1.97. The second kappa shape index (κ2) is 5.72. The van der Waals surface area contributed by atoms with E-state index in [9.17, 15) is 0 Å². The van der Waals surface area contributed by atoms with Crippen LogP contribution in [0.15, 0.2) is 12.4 Å². The summed E-state index contributed by atoms with van der Waals surface area (Å²) in [6.07, 6.45) is 11.4. The molecule has 0 aliphatic heterocycles. The zero-order chi connectivity index (χ0) is 11.4. The smallest absolute Gasteiger partial charge is 0.108 e. The molecule has 2 atom stereocenters. The maximum Gasteiger partial charge on any atom is 0.108 e. The second-order valence-electron chi connectivity index (χ2n) is 4.82. The SMILES string of the molecule is CCn1ccnc1CC1CCCCC(Cl)C1. The van der Waals surface area contributed by atoms with Crippen molar-refractivity contribution in [2.24, 2.45) is 5.92 Å². The summed E-state index contributed by atoms with van der Waals surface area (Å²) in [4.78, 5) is 4.46. The maximum atomic E-state index is 6.30. The van der Waals surface area contributed by atoms with Crippen LogP contribution in [0.25, 0.3) is 0 Å². The molecule has 0 bridgehead atoms. The van der Waals surface area contributed by atoms with Crippen LogP contribution in [-0.4, -0.2) is 14.9 Å². The Bertz CT molecular complexity index is 321. The highest BCUT2D eigenvalue weighted by Gasteiger charge is 2.20. The van der Waals surface area contributed by atoms with Crippen molar-refractivity contribution in [3.63, 3.8) is 0 Å². The zero-order valence-electron chi connectivity index (χ0n) is 10.0. The standard InChI is InChI=1S/C13H21ClN2/c1-2-16-8-7-15-13(16)10-11-5-3-4-6-12(14)9-11/h7-8,11-12H,2-6,9-10H2,1H3. The molecule has 2 nitrogen and oxygen atoms in total. The summed E-state index contributed by atoms with van der Waals surface area (Å²) in [7, 11) is 0. The monoisotopic (exact) mass is 240 g/mol. The maximum absolute atomic E-state index is 6.30. The lowest BCUT2D eigenvalue weighted by atomic mass is 9.96. The van der Waals surface area contributed by atoms with Crippen molar-refractivity contribution in [3.05, 3.63) is 18.2 Å². The molecule has 16 heavy (non-hydrogen) atoms. The molecule has 1 aromatic heterocycles. The summed E-state index contributed by atoms with van der Waals surface area (Å²) >= 11 is 6.30. The Morgan fingerprint density at radius 1 is 1.44 bits per heavy atom. The molecular weight excluding hydrogens is 220 g/mol. The number of hydrogen-bond acceptors (Lipinski definition) is 1. The lowest BCUT2D eigenvalue weighted by Gasteiger charge is -2.16. The third kappa shape index (κ3) is 3.00. The number of alkyl halides is 1. The van der Waals surface area contributed by atoms with Crippen molar-refractivity contribution in [3.8, 4) is 0 Å². The van der Waals surface area contributed by atoms with E-state index in [1.54, 1.807) is 0 Å². The minimum absolute atomic E-state index is 0.387. The van der Waals surface area contributed by atoms with Crippen molar-refractivity contribution in [2.75, 3.05) is 0 Å². The van der Waals surface area contributed by atoms with E-state index < -0.39 is 0 Å². The number of hydrogen-bond donors (Lipinski definition) is 0. The van der Waals surface area contributed by atoms with Gasteiger partial charge < -0.3 is 4.57 Å². The molecule has 0 radical (unpaired) electrons. The number of aryl methyl sites for hydroxylation is 1. The van der Waals surface area contributed by atoms with Crippen LogP contribution in [0.3, 0.4) is 0 Å². The van der Waals surface area contributed by atoms with E-state index in [4.69, 9.17) is 11.6 Å². The van der Waals surface area contributed by atoms with Gasteiger partial charge in [-0.1, -0.05) is 12.8 Å². The van der Waals surface area contributed by atoms with Crippen molar-refractivity contribution in [1.82, 2.24) is 9.55 Å². The molecule has 1 saturated carbocycles. The van der Waals surface area contributed by atoms with Crippen molar-refractivity contribution >= 4 is 11.6 Å². The van der Waals surface area contributed by atoms with Gasteiger partial charge in [0.25, 0.3) is 0 Å². The molecule has 90 valence electrons. The largest absolute Gasteiger partial charge is 0.335 e. The van der Waals surface area contributed by atoms with Crippen LogP contribution in [0, 0.1) is 5.92 Å². The van der Waals surface area contributed by atoms with E-state index in [1.165, 1.54) is 31.5 Å². The normalized spacial score (nSPS) is 26.6. The number of nitrogens with zero attached hydrogens (tertiary/aromatic N) is 2. The number of halogens is 1. The highest BCUT2D eigenvalue weighted by molar-refractivity contribution is 6.20. The molecule has 1 fully saturated rings. The summed E-state index contributed by atoms with van der Waals surface area (Å²) in [6, 6.07) is 0. The molecule has 1 heterocycles. The van der Waals surface area contributed by atoms with Gasteiger partial charge in [0, 0.05) is 30.7 Å². The van der Waals surface area contributed by atoms with Gasteiger partial charge >= 0.3 is 0 Å². The zero-order valence-corrected chi connectivity index (χ0v) is 10.8. The van der Waals surface area contributed by atoms with E-state index in [2.05, 4.69) is 22.7 Å². The molecule has 1 aliphatic rings. The van der Waals surface area contributed by atoms with Crippen LogP contribution < -0.4 is 0 Å². The third-order valence-electron chi connectivity index (χ3n) is 3.58. The second-order valence-corrected chi connectivity index (χ2v) is 5.43. The predicted molar refractivity (Wildman–Crippen MR) is 67.8 cm³/mol. The minimum Gasteiger partial charge on any atom is -0.335 e. The molecule has 2 unspecified atom stereocenters. The molecule has 3 heteroatoms. The van der Waals surface area contributed by atoms with E-state index in [1.807, 2.05) is 6.20 Å². The average molecular weight is 241 g/mol. The van der Waals surface area contributed by atoms with E-state index >= 15 is 0 Å².